The summed E-state index contributed by atoms with van der Waals surface area (Å²) in [6, 6.07) is 0.354. The van der Waals surface area contributed by atoms with Gasteiger partial charge in [-0.2, -0.15) is 5.10 Å². The average molecular weight is 331 g/mol. The second-order valence-corrected chi connectivity index (χ2v) is 7.27. The summed E-state index contributed by atoms with van der Waals surface area (Å²) in [5.41, 5.74) is -0.251. The van der Waals surface area contributed by atoms with Crippen molar-refractivity contribution in [2.45, 2.75) is 63.1 Å². The topological polar surface area (TPSA) is 85.0 Å². The van der Waals surface area contributed by atoms with Gasteiger partial charge in [0, 0.05) is 0 Å². The van der Waals surface area contributed by atoms with Crippen LogP contribution in [0.15, 0.2) is 17.3 Å². The fraction of sp³-hybridized carbons (Fsp3) is 0.706. The van der Waals surface area contributed by atoms with Gasteiger partial charge in [0.25, 0.3) is 5.56 Å². The molecule has 1 aliphatic heterocycles. The van der Waals surface area contributed by atoms with Crippen molar-refractivity contribution in [2.24, 2.45) is 0 Å². The first-order chi connectivity index (χ1) is 11.7. The van der Waals surface area contributed by atoms with E-state index in [9.17, 15) is 9.90 Å². The molecule has 1 saturated heterocycles. The Labute approximate surface area is 140 Å². The fourth-order valence-corrected chi connectivity index (χ4v) is 4.04. The Morgan fingerprint density at radius 3 is 2.75 bits per heavy atom. The molecule has 7 nitrogen and oxygen atoms in total. The number of nitrogens with zero attached hydrogens (tertiary/aromatic N) is 4. The Hall–Kier alpha value is -1.73. The van der Waals surface area contributed by atoms with Crippen LogP contribution < -0.4 is 10.9 Å². The number of hydrogen-bond acceptors (Lipinski definition) is 5. The van der Waals surface area contributed by atoms with Crippen molar-refractivity contribution >= 4 is 11.0 Å². The van der Waals surface area contributed by atoms with E-state index in [-0.39, 0.29) is 5.56 Å². The molecule has 2 aromatic rings. The lowest BCUT2D eigenvalue weighted by molar-refractivity contribution is -0.00628. The van der Waals surface area contributed by atoms with Crippen molar-refractivity contribution in [3.63, 3.8) is 0 Å². The summed E-state index contributed by atoms with van der Waals surface area (Å²) < 4.78 is 3.47. The third-order valence-corrected chi connectivity index (χ3v) is 5.50. The molecule has 2 aliphatic rings. The minimum absolute atomic E-state index is 0.103. The highest BCUT2D eigenvalue weighted by Gasteiger charge is 2.30. The Bertz CT molecular complexity index is 769. The minimum atomic E-state index is -0.830. The van der Waals surface area contributed by atoms with Crippen molar-refractivity contribution in [1.82, 2.24) is 24.6 Å². The summed E-state index contributed by atoms with van der Waals surface area (Å²) in [6.07, 6.45) is 10.4. The first kappa shape index (κ1) is 15.8. The van der Waals surface area contributed by atoms with E-state index >= 15 is 0 Å². The molecule has 0 radical (unpaired) electrons. The van der Waals surface area contributed by atoms with E-state index in [2.05, 4.69) is 15.4 Å². The highest BCUT2D eigenvalue weighted by atomic mass is 16.3. The van der Waals surface area contributed by atoms with E-state index in [0.29, 0.717) is 36.5 Å². The van der Waals surface area contributed by atoms with Crippen molar-refractivity contribution < 1.29 is 5.11 Å². The highest BCUT2D eigenvalue weighted by molar-refractivity contribution is 5.73. The van der Waals surface area contributed by atoms with E-state index < -0.39 is 5.60 Å². The van der Waals surface area contributed by atoms with Gasteiger partial charge < -0.3 is 10.4 Å². The molecule has 1 aliphatic carbocycles. The van der Waals surface area contributed by atoms with E-state index in [1.54, 1.807) is 17.1 Å². The summed E-state index contributed by atoms with van der Waals surface area (Å²) in [5.74, 6) is 0. The highest BCUT2D eigenvalue weighted by Crippen LogP contribution is 2.29. The van der Waals surface area contributed by atoms with Gasteiger partial charge in [0.2, 0.25) is 0 Å². The normalized spacial score (nSPS) is 22.0. The largest absolute Gasteiger partial charge is 0.388 e. The summed E-state index contributed by atoms with van der Waals surface area (Å²) in [7, 11) is 0. The number of hydrogen-bond donors (Lipinski definition) is 2. The van der Waals surface area contributed by atoms with Crippen molar-refractivity contribution in [1.29, 1.82) is 0 Å². The Kier molecular flexibility index (Phi) is 4.14. The van der Waals surface area contributed by atoms with E-state index in [4.69, 9.17) is 0 Å². The molecule has 130 valence electrons. The van der Waals surface area contributed by atoms with Crippen LogP contribution in [0.1, 0.15) is 51.0 Å². The van der Waals surface area contributed by atoms with Crippen LogP contribution in [0.3, 0.4) is 0 Å². The maximum Gasteiger partial charge on any atom is 0.264 e. The molecule has 0 bridgehead atoms. The van der Waals surface area contributed by atoms with Crippen LogP contribution in [0, 0.1) is 0 Å². The van der Waals surface area contributed by atoms with E-state index in [1.807, 2.05) is 4.68 Å². The van der Waals surface area contributed by atoms with Crippen LogP contribution in [0.25, 0.3) is 11.0 Å². The van der Waals surface area contributed by atoms with Crippen LogP contribution in [0.2, 0.25) is 0 Å². The lowest BCUT2D eigenvalue weighted by Crippen LogP contribution is -2.46. The zero-order valence-corrected chi connectivity index (χ0v) is 13.9. The first-order valence-electron chi connectivity index (χ1n) is 9.02. The molecular weight excluding hydrogens is 306 g/mol. The molecule has 4 rings (SSSR count). The summed E-state index contributed by atoms with van der Waals surface area (Å²) in [4.78, 5) is 17.3. The first-order valence-corrected chi connectivity index (χ1v) is 9.02. The van der Waals surface area contributed by atoms with Crippen molar-refractivity contribution in [3.05, 3.63) is 22.9 Å². The zero-order valence-electron chi connectivity index (χ0n) is 13.9. The quantitative estimate of drug-likeness (QED) is 0.883. The number of aromatic nitrogens is 4. The van der Waals surface area contributed by atoms with Gasteiger partial charge in [0.05, 0.1) is 24.4 Å². The Morgan fingerprint density at radius 1 is 1.25 bits per heavy atom. The molecule has 2 N–H and O–H groups in total. The number of aliphatic hydroxyl groups is 1. The van der Waals surface area contributed by atoms with Gasteiger partial charge in [0.15, 0.2) is 5.65 Å². The SMILES string of the molecule is O=c1c2cnn(C3CCCCC3)c2ncn1CC1(O)CCNCC1. The van der Waals surface area contributed by atoms with Crippen LogP contribution in [0.4, 0.5) is 0 Å². The van der Waals surface area contributed by atoms with Gasteiger partial charge in [0.1, 0.15) is 11.7 Å². The Morgan fingerprint density at radius 2 is 2.00 bits per heavy atom. The van der Waals surface area contributed by atoms with Crippen molar-refractivity contribution in [2.75, 3.05) is 13.1 Å². The van der Waals surface area contributed by atoms with E-state index in [0.717, 1.165) is 25.9 Å². The van der Waals surface area contributed by atoms with Crippen LogP contribution >= 0.6 is 0 Å². The monoisotopic (exact) mass is 331 g/mol. The standard InChI is InChI=1S/C17H25N5O2/c23-16-14-10-20-22(13-4-2-1-3-5-13)15(14)19-12-21(16)11-17(24)6-8-18-9-7-17/h10,12-13,18,24H,1-9,11H2. The number of rotatable bonds is 3. The van der Waals surface area contributed by atoms with Crippen LogP contribution in [-0.2, 0) is 6.54 Å². The minimum Gasteiger partial charge on any atom is -0.388 e. The maximum absolute atomic E-state index is 12.8. The molecule has 2 aromatic heterocycles. The molecule has 0 aromatic carbocycles. The van der Waals surface area contributed by atoms with Crippen LogP contribution in [0.5, 0.6) is 0 Å². The molecule has 0 atom stereocenters. The summed E-state index contributed by atoms with van der Waals surface area (Å²) >= 11 is 0. The van der Waals surface area contributed by atoms with Gasteiger partial charge >= 0.3 is 0 Å². The zero-order chi connectivity index (χ0) is 16.6. The molecule has 1 saturated carbocycles. The van der Waals surface area contributed by atoms with E-state index in [1.165, 1.54) is 19.3 Å². The number of piperidine rings is 1. The molecule has 0 spiro atoms. The molecular formula is C17H25N5O2. The summed E-state index contributed by atoms with van der Waals surface area (Å²) in [6.45, 7) is 1.85. The number of fused-ring (bicyclic) bond motifs is 1. The second kappa shape index (κ2) is 6.29. The smallest absolute Gasteiger partial charge is 0.264 e. The third kappa shape index (κ3) is 2.86. The van der Waals surface area contributed by atoms with Crippen molar-refractivity contribution in [3.8, 4) is 0 Å². The molecule has 0 amide bonds. The predicted molar refractivity (Wildman–Crippen MR) is 91.0 cm³/mol. The summed E-state index contributed by atoms with van der Waals surface area (Å²) in [5, 5.41) is 18.9. The van der Waals surface area contributed by atoms with Gasteiger partial charge in [-0.05, 0) is 38.8 Å². The maximum atomic E-state index is 12.8. The van der Waals surface area contributed by atoms with Gasteiger partial charge in [-0.15, -0.1) is 0 Å². The van der Waals surface area contributed by atoms with Crippen LogP contribution in [-0.4, -0.2) is 43.1 Å². The predicted octanol–water partition coefficient (Wildman–Crippen LogP) is 1.21. The van der Waals surface area contributed by atoms with Gasteiger partial charge in [-0.1, -0.05) is 19.3 Å². The van der Waals surface area contributed by atoms with Gasteiger partial charge in [-0.3, -0.25) is 9.36 Å². The second-order valence-electron chi connectivity index (χ2n) is 7.27. The Balaban J connectivity index is 1.65. The molecule has 2 fully saturated rings. The lowest BCUT2D eigenvalue weighted by Gasteiger charge is -2.32. The van der Waals surface area contributed by atoms with Gasteiger partial charge in [-0.25, -0.2) is 9.67 Å². The number of nitrogens with one attached hydrogen (secondary N) is 1. The molecule has 3 heterocycles. The molecule has 7 heteroatoms. The molecule has 24 heavy (non-hydrogen) atoms. The lowest BCUT2D eigenvalue weighted by atomic mass is 9.92. The molecule has 0 unspecified atom stereocenters. The third-order valence-electron chi connectivity index (χ3n) is 5.50. The fourth-order valence-electron chi connectivity index (χ4n) is 4.04. The average Bonchev–Trinajstić information content (AvgIpc) is 3.03.